The lowest BCUT2D eigenvalue weighted by atomic mass is 9.97. The predicted molar refractivity (Wildman–Crippen MR) is 93.6 cm³/mol. The van der Waals surface area contributed by atoms with Crippen LogP contribution in [0.2, 0.25) is 0 Å². The zero-order valence-corrected chi connectivity index (χ0v) is 15.2. The van der Waals surface area contributed by atoms with Crippen molar-refractivity contribution in [3.05, 3.63) is 21.4 Å². The molecule has 1 aliphatic heterocycles. The van der Waals surface area contributed by atoms with E-state index in [1.54, 1.807) is 16.2 Å². The molecule has 0 aliphatic carbocycles. The third kappa shape index (κ3) is 4.90. The van der Waals surface area contributed by atoms with E-state index in [1.807, 2.05) is 19.9 Å². The second-order valence-electron chi connectivity index (χ2n) is 6.42. The van der Waals surface area contributed by atoms with Crippen LogP contribution in [0.15, 0.2) is 6.07 Å². The SMILES string of the molecule is Cc1cc(C(=O)CCC(=O)N2CCCCC2CCC(=O)O)c(C)s1. The van der Waals surface area contributed by atoms with Gasteiger partial charge in [-0.3, -0.25) is 14.4 Å². The second-order valence-corrected chi connectivity index (χ2v) is 7.88. The van der Waals surface area contributed by atoms with Crippen LogP contribution in [0.5, 0.6) is 0 Å². The Morgan fingerprint density at radius 1 is 1.21 bits per heavy atom. The number of likely N-dealkylation sites (tertiary alicyclic amines) is 1. The Hall–Kier alpha value is -1.69. The number of hydrogen-bond donors (Lipinski definition) is 1. The fourth-order valence-corrected chi connectivity index (χ4v) is 4.27. The monoisotopic (exact) mass is 351 g/mol. The summed E-state index contributed by atoms with van der Waals surface area (Å²) in [6.07, 6.45) is 3.84. The number of Topliss-reactive ketones (excluding diaryl/α,β-unsaturated/α-hetero) is 1. The first-order valence-electron chi connectivity index (χ1n) is 8.50. The molecule has 1 N–H and O–H groups in total. The van der Waals surface area contributed by atoms with Gasteiger partial charge in [-0.05, 0) is 45.6 Å². The smallest absolute Gasteiger partial charge is 0.303 e. The van der Waals surface area contributed by atoms with Crippen molar-refractivity contribution in [2.24, 2.45) is 0 Å². The predicted octanol–water partition coefficient (Wildman–Crippen LogP) is 3.57. The van der Waals surface area contributed by atoms with Crippen molar-refractivity contribution in [1.29, 1.82) is 0 Å². The van der Waals surface area contributed by atoms with Crippen molar-refractivity contribution in [3.8, 4) is 0 Å². The Morgan fingerprint density at radius 2 is 1.96 bits per heavy atom. The Labute approximate surface area is 146 Å². The van der Waals surface area contributed by atoms with Gasteiger partial charge in [0.2, 0.25) is 5.91 Å². The normalized spacial score (nSPS) is 17.8. The molecule has 0 aromatic carbocycles. The van der Waals surface area contributed by atoms with Gasteiger partial charge in [0.05, 0.1) is 0 Å². The molecule has 1 saturated heterocycles. The van der Waals surface area contributed by atoms with E-state index >= 15 is 0 Å². The van der Waals surface area contributed by atoms with E-state index in [1.165, 1.54) is 0 Å². The average Bonchev–Trinajstić information content (AvgIpc) is 2.89. The zero-order valence-electron chi connectivity index (χ0n) is 14.3. The molecule has 1 aliphatic rings. The molecule has 1 unspecified atom stereocenters. The molecule has 1 fully saturated rings. The number of piperidine rings is 1. The van der Waals surface area contributed by atoms with Gasteiger partial charge >= 0.3 is 5.97 Å². The Morgan fingerprint density at radius 3 is 2.58 bits per heavy atom. The minimum Gasteiger partial charge on any atom is -0.481 e. The Balaban J connectivity index is 1.91. The molecular formula is C18H25NO4S. The minimum atomic E-state index is -0.827. The first kappa shape index (κ1) is 18.6. The van der Waals surface area contributed by atoms with Crippen LogP contribution in [0.1, 0.15) is 65.1 Å². The van der Waals surface area contributed by atoms with Crippen LogP contribution in [0.3, 0.4) is 0 Å². The summed E-state index contributed by atoms with van der Waals surface area (Å²) in [6.45, 7) is 4.58. The Bertz CT molecular complexity index is 623. The van der Waals surface area contributed by atoms with E-state index in [2.05, 4.69) is 0 Å². The van der Waals surface area contributed by atoms with Crippen LogP contribution >= 0.6 is 11.3 Å². The number of carbonyl (C=O) groups is 3. The molecule has 0 bridgehead atoms. The molecule has 1 aromatic heterocycles. The van der Waals surface area contributed by atoms with Gasteiger partial charge in [-0.1, -0.05) is 0 Å². The van der Waals surface area contributed by atoms with E-state index in [-0.39, 0.29) is 37.0 Å². The highest BCUT2D eigenvalue weighted by atomic mass is 32.1. The number of ketones is 1. The maximum Gasteiger partial charge on any atom is 0.303 e. The third-order valence-corrected chi connectivity index (χ3v) is 5.51. The van der Waals surface area contributed by atoms with Crippen LogP contribution in [0.25, 0.3) is 0 Å². The van der Waals surface area contributed by atoms with Crippen LogP contribution in [-0.4, -0.2) is 40.3 Å². The summed E-state index contributed by atoms with van der Waals surface area (Å²) in [6, 6.07) is 1.89. The number of carbonyl (C=O) groups excluding carboxylic acids is 2. The molecule has 1 atom stereocenters. The molecule has 1 amide bonds. The van der Waals surface area contributed by atoms with E-state index in [0.717, 1.165) is 34.6 Å². The molecule has 0 spiro atoms. The van der Waals surface area contributed by atoms with Gasteiger partial charge in [-0.2, -0.15) is 0 Å². The van der Waals surface area contributed by atoms with Crippen molar-refractivity contribution in [1.82, 2.24) is 4.90 Å². The minimum absolute atomic E-state index is 0.00239. The molecule has 0 saturated carbocycles. The molecule has 2 rings (SSSR count). The van der Waals surface area contributed by atoms with E-state index in [4.69, 9.17) is 5.11 Å². The van der Waals surface area contributed by atoms with Crippen LogP contribution in [0, 0.1) is 13.8 Å². The fourth-order valence-electron chi connectivity index (χ4n) is 3.33. The summed E-state index contributed by atoms with van der Waals surface area (Å²) < 4.78 is 0. The molecule has 24 heavy (non-hydrogen) atoms. The largest absolute Gasteiger partial charge is 0.481 e. The Kier molecular flexibility index (Phi) is 6.54. The number of amides is 1. The number of aryl methyl sites for hydroxylation is 2. The van der Waals surface area contributed by atoms with Crippen molar-refractivity contribution in [2.45, 2.75) is 64.8 Å². The summed E-state index contributed by atoms with van der Waals surface area (Å²) in [5, 5.41) is 8.85. The summed E-state index contributed by atoms with van der Waals surface area (Å²) in [7, 11) is 0. The highest BCUT2D eigenvalue weighted by molar-refractivity contribution is 7.12. The number of rotatable bonds is 7. The maximum absolute atomic E-state index is 12.5. The molecule has 6 heteroatoms. The van der Waals surface area contributed by atoms with Gasteiger partial charge in [0.1, 0.15) is 0 Å². The molecule has 2 heterocycles. The summed E-state index contributed by atoms with van der Waals surface area (Å²) in [4.78, 5) is 39.5. The third-order valence-electron chi connectivity index (χ3n) is 4.55. The van der Waals surface area contributed by atoms with Crippen LogP contribution in [0.4, 0.5) is 0 Å². The van der Waals surface area contributed by atoms with Gasteiger partial charge in [-0.25, -0.2) is 0 Å². The summed E-state index contributed by atoms with van der Waals surface area (Å²) >= 11 is 1.60. The van der Waals surface area contributed by atoms with Crippen LogP contribution < -0.4 is 0 Å². The summed E-state index contributed by atoms with van der Waals surface area (Å²) in [5.41, 5.74) is 0.728. The lowest BCUT2D eigenvalue weighted by Gasteiger charge is -2.35. The quantitative estimate of drug-likeness (QED) is 0.762. The van der Waals surface area contributed by atoms with Gasteiger partial charge in [0, 0.05) is 47.2 Å². The van der Waals surface area contributed by atoms with Crippen molar-refractivity contribution in [2.75, 3.05) is 6.54 Å². The molecule has 132 valence electrons. The topological polar surface area (TPSA) is 74.7 Å². The standard InChI is InChI=1S/C18H25NO4S/c1-12-11-15(13(2)24-12)16(20)7-8-17(21)19-10-4-3-5-14(19)6-9-18(22)23/h11,14H,3-10H2,1-2H3,(H,22,23). The number of nitrogens with zero attached hydrogens (tertiary/aromatic N) is 1. The highest BCUT2D eigenvalue weighted by Crippen LogP contribution is 2.24. The van der Waals surface area contributed by atoms with Gasteiger partial charge in [-0.15, -0.1) is 11.3 Å². The number of hydrogen-bond acceptors (Lipinski definition) is 4. The van der Waals surface area contributed by atoms with Gasteiger partial charge in [0.15, 0.2) is 5.78 Å². The molecule has 5 nitrogen and oxygen atoms in total. The van der Waals surface area contributed by atoms with Crippen molar-refractivity contribution < 1.29 is 19.5 Å². The fraction of sp³-hybridized carbons (Fsp3) is 0.611. The number of carboxylic acids is 1. The lowest BCUT2D eigenvalue weighted by Crippen LogP contribution is -2.44. The number of aliphatic carboxylic acids is 1. The summed E-state index contributed by atoms with van der Waals surface area (Å²) in [5.74, 6) is -0.834. The van der Waals surface area contributed by atoms with E-state index in [0.29, 0.717) is 13.0 Å². The molecule has 0 radical (unpaired) electrons. The number of carboxylic acid groups (broad SMARTS) is 1. The number of thiophene rings is 1. The van der Waals surface area contributed by atoms with Gasteiger partial charge < -0.3 is 10.0 Å². The molecule has 1 aromatic rings. The second kappa shape index (κ2) is 8.42. The first-order valence-corrected chi connectivity index (χ1v) is 9.31. The first-order chi connectivity index (χ1) is 11.4. The average molecular weight is 351 g/mol. The van der Waals surface area contributed by atoms with Crippen molar-refractivity contribution in [3.63, 3.8) is 0 Å². The van der Waals surface area contributed by atoms with Gasteiger partial charge in [0.25, 0.3) is 0 Å². The zero-order chi connectivity index (χ0) is 17.7. The highest BCUT2D eigenvalue weighted by Gasteiger charge is 2.27. The lowest BCUT2D eigenvalue weighted by molar-refractivity contribution is -0.140. The maximum atomic E-state index is 12.5. The van der Waals surface area contributed by atoms with E-state index in [9.17, 15) is 14.4 Å². The molecular weight excluding hydrogens is 326 g/mol. The van der Waals surface area contributed by atoms with Crippen LogP contribution in [-0.2, 0) is 9.59 Å². The van der Waals surface area contributed by atoms with E-state index < -0.39 is 5.97 Å². The van der Waals surface area contributed by atoms with Crippen molar-refractivity contribution >= 4 is 29.0 Å².